The number of oxime groups is 1. The molecule has 0 aliphatic rings. The highest BCUT2D eigenvalue weighted by molar-refractivity contribution is 6.09. The van der Waals surface area contributed by atoms with Crippen LogP contribution in [0.1, 0.15) is 12.0 Å². The Hall–Kier alpha value is -1.84. The molecule has 4 heteroatoms. The van der Waals surface area contributed by atoms with Crippen molar-refractivity contribution in [3.63, 3.8) is 0 Å². The second kappa shape index (κ2) is 5.80. The quantitative estimate of drug-likeness (QED) is 0.428. The molecule has 1 aromatic rings. The molecule has 1 aromatic carbocycles. The molecule has 0 N–H and O–H groups in total. The van der Waals surface area contributed by atoms with E-state index in [-0.39, 0.29) is 12.4 Å². The van der Waals surface area contributed by atoms with Crippen LogP contribution in [0.3, 0.4) is 0 Å². The number of methoxy groups -OCH3 is 1. The van der Waals surface area contributed by atoms with Gasteiger partial charge in [0.15, 0.2) is 0 Å². The summed E-state index contributed by atoms with van der Waals surface area (Å²) < 4.78 is 4.57. The Labute approximate surface area is 88.5 Å². The van der Waals surface area contributed by atoms with Crippen molar-refractivity contribution >= 4 is 11.7 Å². The zero-order chi connectivity index (χ0) is 11.1. The number of benzene rings is 1. The highest BCUT2D eigenvalue weighted by Gasteiger charge is 2.10. The van der Waals surface area contributed by atoms with Crippen molar-refractivity contribution in [1.82, 2.24) is 0 Å². The molecule has 0 spiro atoms. The Balaban J connectivity index is 2.85. The third-order valence-electron chi connectivity index (χ3n) is 1.85. The molecule has 0 saturated carbocycles. The maximum Gasteiger partial charge on any atom is 0.311 e. The van der Waals surface area contributed by atoms with Gasteiger partial charge in [-0.2, -0.15) is 0 Å². The van der Waals surface area contributed by atoms with E-state index in [1.165, 1.54) is 14.2 Å². The lowest BCUT2D eigenvalue weighted by molar-refractivity contribution is -0.139. The lowest BCUT2D eigenvalue weighted by Crippen LogP contribution is -2.11. The van der Waals surface area contributed by atoms with Gasteiger partial charge in [0.05, 0.1) is 19.2 Å². The van der Waals surface area contributed by atoms with Crippen molar-refractivity contribution in [3.05, 3.63) is 35.9 Å². The van der Waals surface area contributed by atoms with Crippen molar-refractivity contribution in [3.8, 4) is 0 Å². The molecule has 80 valence electrons. The third kappa shape index (κ3) is 3.42. The first-order valence-electron chi connectivity index (χ1n) is 4.50. The number of ether oxygens (including phenoxy) is 1. The van der Waals surface area contributed by atoms with Gasteiger partial charge < -0.3 is 9.57 Å². The molecule has 0 saturated heterocycles. The van der Waals surface area contributed by atoms with Gasteiger partial charge in [0, 0.05) is 0 Å². The number of hydrogen-bond acceptors (Lipinski definition) is 4. The highest BCUT2D eigenvalue weighted by atomic mass is 16.6. The highest BCUT2D eigenvalue weighted by Crippen LogP contribution is 2.05. The van der Waals surface area contributed by atoms with E-state index in [4.69, 9.17) is 0 Å². The zero-order valence-electron chi connectivity index (χ0n) is 8.77. The summed E-state index contributed by atoms with van der Waals surface area (Å²) in [5.74, 6) is -0.338. The molecule has 0 fully saturated rings. The minimum absolute atomic E-state index is 0.106. The van der Waals surface area contributed by atoms with Crippen molar-refractivity contribution < 1.29 is 14.4 Å². The van der Waals surface area contributed by atoms with Gasteiger partial charge in [-0.3, -0.25) is 4.79 Å². The summed E-state index contributed by atoms with van der Waals surface area (Å²) in [6.07, 6.45) is 0.106. The summed E-state index contributed by atoms with van der Waals surface area (Å²) >= 11 is 0. The Kier molecular flexibility index (Phi) is 4.34. The fourth-order valence-corrected chi connectivity index (χ4v) is 1.14. The molecule has 0 radical (unpaired) electrons. The average molecular weight is 207 g/mol. The van der Waals surface area contributed by atoms with Gasteiger partial charge in [-0.05, 0) is 5.56 Å². The van der Waals surface area contributed by atoms with E-state index in [1.54, 1.807) is 0 Å². The maximum atomic E-state index is 11.1. The van der Waals surface area contributed by atoms with Crippen LogP contribution in [0.2, 0.25) is 0 Å². The van der Waals surface area contributed by atoms with Crippen molar-refractivity contribution in [2.75, 3.05) is 14.2 Å². The van der Waals surface area contributed by atoms with Crippen LogP contribution in [-0.2, 0) is 14.4 Å². The summed E-state index contributed by atoms with van der Waals surface area (Å²) in [7, 11) is 2.79. The lowest BCUT2D eigenvalue weighted by atomic mass is 10.1. The molecule has 0 bridgehead atoms. The minimum atomic E-state index is -0.338. The van der Waals surface area contributed by atoms with E-state index in [9.17, 15) is 4.79 Å². The van der Waals surface area contributed by atoms with Crippen molar-refractivity contribution in [1.29, 1.82) is 0 Å². The van der Waals surface area contributed by atoms with E-state index in [1.807, 2.05) is 30.3 Å². The average Bonchev–Trinajstić information content (AvgIpc) is 2.29. The zero-order valence-corrected chi connectivity index (χ0v) is 8.77. The van der Waals surface area contributed by atoms with Crippen LogP contribution in [0, 0.1) is 0 Å². The smallest absolute Gasteiger partial charge is 0.311 e. The molecule has 0 aliphatic heterocycles. The van der Waals surface area contributed by atoms with Gasteiger partial charge in [-0.1, -0.05) is 35.5 Å². The predicted molar refractivity (Wildman–Crippen MR) is 56.6 cm³/mol. The molecule has 0 aliphatic carbocycles. The normalized spacial score (nSPS) is 10.9. The number of esters is 1. The second-order valence-electron chi connectivity index (χ2n) is 2.84. The summed E-state index contributed by atoms with van der Waals surface area (Å²) in [5, 5.41) is 3.80. The van der Waals surface area contributed by atoms with Gasteiger partial charge in [0.25, 0.3) is 0 Å². The second-order valence-corrected chi connectivity index (χ2v) is 2.84. The topological polar surface area (TPSA) is 47.9 Å². The fourth-order valence-electron chi connectivity index (χ4n) is 1.14. The molecule has 0 heterocycles. The molecule has 1 rings (SSSR count). The van der Waals surface area contributed by atoms with Crippen LogP contribution in [-0.4, -0.2) is 25.9 Å². The monoisotopic (exact) mass is 207 g/mol. The van der Waals surface area contributed by atoms with E-state index in [0.717, 1.165) is 5.56 Å². The van der Waals surface area contributed by atoms with Crippen LogP contribution in [0.4, 0.5) is 0 Å². The standard InChI is InChI=1S/C11H13NO3/c1-14-11(13)8-10(12-15-2)9-6-4-3-5-7-9/h3-7H,8H2,1-2H3/b12-10+. The number of rotatable bonds is 4. The van der Waals surface area contributed by atoms with E-state index in [2.05, 4.69) is 14.7 Å². The first-order chi connectivity index (χ1) is 7.27. The van der Waals surface area contributed by atoms with Crippen LogP contribution >= 0.6 is 0 Å². The van der Waals surface area contributed by atoms with E-state index >= 15 is 0 Å². The largest absolute Gasteiger partial charge is 0.469 e. The fraction of sp³-hybridized carbons (Fsp3) is 0.273. The Morgan fingerprint density at radius 2 is 1.93 bits per heavy atom. The first kappa shape index (κ1) is 11.2. The number of nitrogens with zero attached hydrogens (tertiary/aromatic N) is 1. The van der Waals surface area contributed by atoms with Gasteiger partial charge in [-0.15, -0.1) is 0 Å². The Bertz CT molecular complexity index is 346. The third-order valence-corrected chi connectivity index (χ3v) is 1.85. The number of hydrogen-bond donors (Lipinski definition) is 0. The van der Waals surface area contributed by atoms with E-state index in [0.29, 0.717) is 5.71 Å². The molecule has 15 heavy (non-hydrogen) atoms. The molecular formula is C11H13NO3. The SMILES string of the molecule is CO/N=C(\CC(=O)OC)c1ccccc1. The summed E-state index contributed by atoms with van der Waals surface area (Å²) in [5.41, 5.74) is 1.41. The number of carbonyl (C=O) groups excluding carboxylic acids is 1. The van der Waals surface area contributed by atoms with Crippen LogP contribution < -0.4 is 0 Å². The lowest BCUT2D eigenvalue weighted by Gasteiger charge is -2.04. The summed E-state index contributed by atoms with van der Waals surface area (Å²) in [6.45, 7) is 0. The van der Waals surface area contributed by atoms with Gasteiger partial charge >= 0.3 is 5.97 Å². The van der Waals surface area contributed by atoms with Crippen LogP contribution in [0.25, 0.3) is 0 Å². The molecule has 4 nitrogen and oxygen atoms in total. The summed E-state index contributed by atoms with van der Waals surface area (Å²) in [6, 6.07) is 9.36. The van der Waals surface area contributed by atoms with Crippen LogP contribution in [0.15, 0.2) is 35.5 Å². The van der Waals surface area contributed by atoms with E-state index < -0.39 is 0 Å². The molecule has 0 amide bonds. The van der Waals surface area contributed by atoms with Gasteiger partial charge in [0.1, 0.15) is 7.11 Å². The van der Waals surface area contributed by atoms with Gasteiger partial charge in [0.2, 0.25) is 0 Å². The van der Waals surface area contributed by atoms with Crippen molar-refractivity contribution in [2.45, 2.75) is 6.42 Å². The van der Waals surface area contributed by atoms with Crippen LogP contribution in [0.5, 0.6) is 0 Å². The minimum Gasteiger partial charge on any atom is -0.469 e. The van der Waals surface area contributed by atoms with Gasteiger partial charge in [-0.25, -0.2) is 0 Å². The first-order valence-corrected chi connectivity index (χ1v) is 4.50. The molecule has 0 aromatic heterocycles. The number of carbonyl (C=O) groups is 1. The summed E-state index contributed by atoms with van der Waals surface area (Å²) in [4.78, 5) is 15.8. The molecular weight excluding hydrogens is 194 g/mol. The Morgan fingerprint density at radius 1 is 1.27 bits per heavy atom. The predicted octanol–water partition coefficient (Wildman–Crippen LogP) is 1.60. The molecule has 0 unspecified atom stereocenters. The Morgan fingerprint density at radius 3 is 2.47 bits per heavy atom. The molecule has 0 atom stereocenters. The van der Waals surface area contributed by atoms with Crippen molar-refractivity contribution in [2.24, 2.45) is 5.16 Å². The maximum absolute atomic E-state index is 11.1.